The molecular weight excluding hydrogens is 260 g/mol. The predicted molar refractivity (Wildman–Crippen MR) is 78.6 cm³/mol. The van der Waals surface area contributed by atoms with Crippen LogP contribution < -0.4 is 0 Å². The van der Waals surface area contributed by atoms with Crippen LogP contribution in [0.2, 0.25) is 0 Å². The summed E-state index contributed by atoms with van der Waals surface area (Å²) in [4.78, 5) is 12.1. The van der Waals surface area contributed by atoms with E-state index in [2.05, 4.69) is 0 Å². The second kappa shape index (κ2) is 7.59. The van der Waals surface area contributed by atoms with Gasteiger partial charge >= 0.3 is 5.97 Å². The number of benzene rings is 2. The van der Waals surface area contributed by atoms with Crippen molar-refractivity contribution in [3.8, 4) is 0 Å². The number of hydrogen-bond donors (Lipinski definition) is 0. The third-order valence-electron chi connectivity index (χ3n) is 2.79. The Morgan fingerprint density at radius 1 is 0.947 bits per heavy atom. The molecule has 0 heterocycles. The molecule has 0 bridgehead atoms. The number of carbonyl (C=O) groups excluding carboxylic acids is 1. The lowest BCUT2D eigenvalue weighted by Crippen LogP contribution is -2.17. The summed E-state index contributed by atoms with van der Waals surface area (Å²) in [6.45, 7) is 2.22. The molecule has 2 aromatic carbocycles. The van der Waals surface area contributed by atoms with Gasteiger partial charge in [0.1, 0.15) is 5.92 Å². The monoisotopic (exact) mass is 276 g/mol. The van der Waals surface area contributed by atoms with Crippen molar-refractivity contribution < 1.29 is 9.53 Å². The Hall–Kier alpha value is -1.80. The number of ether oxygens (including phenoxy) is 1. The Morgan fingerprint density at radius 2 is 1.37 bits per heavy atom. The Bertz CT molecular complexity index is 457. The highest BCUT2D eigenvalue weighted by molar-refractivity contribution is 5.85. The van der Waals surface area contributed by atoms with Crippen LogP contribution in [0.25, 0.3) is 0 Å². The quantitative estimate of drug-likeness (QED) is 0.794. The van der Waals surface area contributed by atoms with Crippen molar-refractivity contribution in [1.29, 1.82) is 0 Å². The molecule has 0 saturated heterocycles. The molecule has 3 heteroatoms. The van der Waals surface area contributed by atoms with Crippen molar-refractivity contribution >= 4 is 18.4 Å². The normalized spacial score (nSPS) is 9.79. The molecule has 0 spiro atoms. The smallest absolute Gasteiger partial charge is 0.317 e. The molecule has 0 aliphatic heterocycles. The lowest BCUT2D eigenvalue weighted by atomic mass is 9.91. The number of rotatable bonds is 4. The fraction of sp³-hybridized carbons (Fsp3) is 0.188. The van der Waals surface area contributed by atoms with E-state index >= 15 is 0 Å². The highest BCUT2D eigenvalue weighted by Gasteiger charge is 2.23. The van der Waals surface area contributed by atoms with Gasteiger partial charge in [0, 0.05) is 0 Å². The Kier molecular flexibility index (Phi) is 6.10. The Balaban J connectivity index is 0.00000180. The molecule has 19 heavy (non-hydrogen) atoms. The van der Waals surface area contributed by atoms with Crippen molar-refractivity contribution in [2.75, 3.05) is 6.61 Å². The van der Waals surface area contributed by atoms with E-state index in [1.807, 2.05) is 67.6 Å². The second-order valence-corrected chi connectivity index (χ2v) is 4.01. The maximum Gasteiger partial charge on any atom is 0.317 e. The van der Waals surface area contributed by atoms with Gasteiger partial charge in [0.05, 0.1) is 6.61 Å². The molecule has 0 unspecified atom stereocenters. The summed E-state index contributed by atoms with van der Waals surface area (Å²) in [6.07, 6.45) is 0. The van der Waals surface area contributed by atoms with Crippen LogP contribution in [0.5, 0.6) is 0 Å². The van der Waals surface area contributed by atoms with Crippen LogP contribution in [0.3, 0.4) is 0 Å². The average molecular weight is 277 g/mol. The zero-order valence-corrected chi connectivity index (χ0v) is 11.6. The Labute approximate surface area is 119 Å². The van der Waals surface area contributed by atoms with Gasteiger partial charge in [0.25, 0.3) is 0 Å². The molecule has 0 N–H and O–H groups in total. The summed E-state index contributed by atoms with van der Waals surface area (Å²) in [5.74, 6) is -0.540. The average Bonchev–Trinajstić information content (AvgIpc) is 2.42. The highest BCUT2D eigenvalue weighted by Crippen LogP contribution is 2.25. The van der Waals surface area contributed by atoms with E-state index in [4.69, 9.17) is 4.74 Å². The van der Waals surface area contributed by atoms with Crippen LogP contribution in [0.15, 0.2) is 60.7 Å². The van der Waals surface area contributed by atoms with Crippen LogP contribution in [-0.4, -0.2) is 12.6 Å². The van der Waals surface area contributed by atoms with Crippen molar-refractivity contribution in [2.24, 2.45) is 0 Å². The van der Waals surface area contributed by atoms with Crippen molar-refractivity contribution in [2.45, 2.75) is 12.8 Å². The van der Waals surface area contributed by atoms with E-state index in [1.165, 1.54) is 0 Å². The van der Waals surface area contributed by atoms with E-state index in [0.29, 0.717) is 6.61 Å². The van der Waals surface area contributed by atoms with Crippen LogP contribution >= 0.6 is 12.4 Å². The van der Waals surface area contributed by atoms with Gasteiger partial charge in [-0.25, -0.2) is 0 Å². The summed E-state index contributed by atoms with van der Waals surface area (Å²) in [5.41, 5.74) is 1.92. The molecule has 0 radical (unpaired) electrons. The molecule has 0 aliphatic rings. The number of esters is 1. The summed E-state index contributed by atoms with van der Waals surface area (Å²) in [5, 5.41) is 0. The summed E-state index contributed by atoms with van der Waals surface area (Å²) in [6, 6.07) is 19.4. The van der Waals surface area contributed by atoms with E-state index in [0.717, 1.165) is 11.1 Å². The van der Waals surface area contributed by atoms with E-state index in [9.17, 15) is 4.79 Å². The molecule has 2 rings (SSSR count). The molecule has 0 aromatic heterocycles. The SMILES string of the molecule is CCOC(=O)C(c1ccccc1)c1ccccc1.Cl. The van der Waals surface area contributed by atoms with E-state index < -0.39 is 0 Å². The largest absolute Gasteiger partial charge is 0.465 e. The highest BCUT2D eigenvalue weighted by atomic mass is 35.5. The maximum absolute atomic E-state index is 12.1. The molecule has 0 atom stereocenters. The zero-order chi connectivity index (χ0) is 12.8. The third kappa shape index (κ3) is 3.83. The van der Waals surface area contributed by atoms with Crippen LogP contribution in [-0.2, 0) is 9.53 Å². The fourth-order valence-electron chi connectivity index (χ4n) is 1.98. The van der Waals surface area contributed by atoms with Gasteiger partial charge < -0.3 is 4.74 Å². The fourth-order valence-corrected chi connectivity index (χ4v) is 1.98. The Morgan fingerprint density at radius 3 is 1.74 bits per heavy atom. The summed E-state index contributed by atoms with van der Waals surface area (Å²) < 4.78 is 5.17. The third-order valence-corrected chi connectivity index (χ3v) is 2.79. The lowest BCUT2D eigenvalue weighted by molar-refractivity contribution is -0.143. The predicted octanol–water partition coefficient (Wildman–Crippen LogP) is 3.80. The first-order valence-electron chi connectivity index (χ1n) is 6.09. The molecule has 0 saturated carbocycles. The molecule has 2 aromatic rings. The zero-order valence-electron chi connectivity index (χ0n) is 10.8. The molecule has 2 nitrogen and oxygen atoms in total. The molecule has 0 aliphatic carbocycles. The van der Waals surface area contributed by atoms with Crippen molar-refractivity contribution in [1.82, 2.24) is 0 Å². The van der Waals surface area contributed by atoms with Gasteiger partial charge in [-0.1, -0.05) is 60.7 Å². The number of carbonyl (C=O) groups is 1. The van der Waals surface area contributed by atoms with Crippen molar-refractivity contribution in [3.05, 3.63) is 71.8 Å². The molecule has 0 fully saturated rings. The first kappa shape index (κ1) is 15.3. The maximum atomic E-state index is 12.1. The molecular formula is C16H17ClO2. The lowest BCUT2D eigenvalue weighted by Gasteiger charge is -2.16. The minimum Gasteiger partial charge on any atom is -0.465 e. The van der Waals surface area contributed by atoms with Gasteiger partial charge in [-0.05, 0) is 18.1 Å². The minimum atomic E-state index is -0.340. The minimum absolute atomic E-state index is 0. The topological polar surface area (TPSA) is 26.3 Å². The summed E-state index contributed by atoms with van der Waals surface area (Å²) >= 11 is 0. The molecule has 100 valence electrons. The van der Waals surface area contributed by atoms with Gasteiger partial charge in [-0.2, -0.15) is 0 Å². The first-order valence-corrected chi connectivity index (χ1v) is 6.09. The second-order valence-electron chi connectivity index (χ2n) is 4.01. The van der Waals surface area contributed by atoms with Crippen LogP contribution in [0.4, 0.5) is 0 Å². The molecule has 0 amide bonds. The van der Waals surface area contributed by atoms with Crippen molar-refractivity contribution in [3.63, 3.8) is 0 Å². The first-order chi connectivity index (χ1) is 8.83. The number of halogens is 1. The van der Waals surface area contributed by atoms with Gasteiger partial charge in [0.2, 0.25) is 0 Å². The van der Waals surface area contributed by atoms with Gasteiger partial charge in [-0.15, -0.1) is 12.4 Å². The van der Waals surface area contributed by atoms with E-state index in [-0.39, 0.29) is 24.3 Å². The standard InChI is InChI=1S/C16H16O2.ClH/c1-2-18-16(17)15(13-9-5-3-6-10-13)14-11-7-4-8-12-14;/h3-12,15H,2H2,1H3;1H. The van der Waals surface area contributed by atoms with Crippen LogP contribution in [0.1, 0.15) is 24.0 Å². The van der Waals surface area contributed by atoms with Crippen LogP contribution in [0, 0.1) is 0 Å². The van der Waals surface area contributed by atoms with E-state index in [1.54, 1.807) is 0 Å². The van der Waals surface area contributed by atoms with Gasteiger partial charge in [0.15, 0.2) is 0 Å². The summed E-state index contributed by atoms with van der Waals surface area (Å²) in [7, 11) is 0. The number of hydrogen-bond acceptors (Lipinski definition) is 2. The van der Waals surface area contributed by atoms with Gasteiger partial charge in [-0.3, -0.25) is 4.79 Å².